The van der Waals surface area contributed by atoms with Gasteiger partial charge in [-0.1, -0.05) is 0 Å². The third-order valence-electron chi connectivity index (χ3n) is 4.47. The van der Waals surface area contributed by atoms with E-state index in [1.54, 1.807) is 0 Å². The Kier molecular flexibility index (Phi) is 8.09. The van der Waals surface area contributed by atoms with E-state index < -0.39 is 54.5 Å². The molecule has 7 N–H and O–H groups in total. The van der Waals surface area contributed by atoms with Gasteiger partial charge in [0.15, 0.2) is 0 Å². The van der Waals surface area contributed by atoms with Gasteiger partial charge in [-0.05, 0) is 26.3 Å². The van der Waals surface area contributed by atoms with Gasteiger partial charge in [-0.15, -0.1) is 0 Å². The van der Waals surface area contributed by atoms with Crippen LogP contribution in [-0.2, 0) is 25.6 Å². The summed E-state index contributed by atoms with van der Waals surface area (Å²) in [6, 6.07) is -2.85. The average Bonchev–Trinajstić information content (AvgIpc) is 3.36. The molecule has 0 saturated carbocycles. The van der Waals surface area contributed by atoms with Crippen LogP contribution in [0.4, 0.5) is 0 Å². The molecule has 1 fully saturated rings. The van der Waals surface area contributed by atoms with Crippen LogP contribution in [0.5, 0.6) is 0 Å². The number of imidazole rings is 1. The van der Waals surface area contributed by atoms with E-state index in [4.69, 9.17) is 5.11 Å². The van der Waals surface area contributed by atoms with Crippen molar-refractivity contribution in [2.24, 2.45) is 0 Å². The molecule has 2 rings (SSSR count). The van der Waals surface area contributed by atoms with Gasteiger partial charge in [0, 0.05) is 18.3 Å². The number of aromatic nitrogens is 2. The Morgan fingerprint density at radius 3 is 2.59 bits per heavy atom. The second-order valence-corrected chi connectivity index (χ2v) is 6.83. The predicted molar refractivity (Wildman–Crippen MR) is 99.5 cm³/mol. The van der Waals surface area contributed by atoms with E-state index in [1.165, 1.54) is 19.4 Å². The standard InChI is InChI=1S/C17H26N6O6/c1-9(24)14(23-16(28)11-3-2-4-19-11)17(29)22-12(5-10-6-18-8-21-10)15(27)20-7-13(25)26/h6,8-9,11-12,14,19,24H,2-5,7H2,1H3,(H,18,21)(H,20,27)(H,22,29)(H,23,28)(H,25,26). The van der Waals surface area contributed by atoms with Gasteiger partial charge in [0.1, 0.15) is 18.6 Å². The summed E-state index contributed by atoms with van der Waals surface area (Å²) in [5, 5.41) is 28.9. The summed E-state index contributed by atoms with van der Waals surface area (Å²) < 4.78 is 0. The van der Waals surface area contributed by atoms with Crippen molar-refractivity contribution >= 4 is 23.7 Å². The molecule has 4 atom stereocenters. The van der Waals surface area contributed by atoms with Gasteiger partial charge in [-0.3, -0.25) is 19.2 Å². The first-order valence-electron chi connectivity index (χ1n) is 9.27. The fourth-order valence-electron chi connectivity index (χ4n) is 2.94. The second-order valence-electron chi connectivity index (χ2n) is 6.83. The number of carbonyl (C=O) groups excluding carboxylic acids is 3. The molecule has 1 aliphatic heterocycles. The Bertz CT molecular complexity index is 716. The molecule has 0 bridgehead atoms. The van der Waals surface area contributed by atoms with E-state index in [0.717, 1.165) is 6.42 Å². The maximum atomic E-state index is 12.7. The van der Waals surface area contributed by atoms with Gasteiger partial charge >= 0.3 is 5.97 Å². The van der Waals surface area contributed by atoms with E-state index in [2.05, 4.69) is 31.2 Å². The first kappa shape index (κ1) is 22.3. The van der Waals surface area contributed by atoms with Crippen molar-refractivity contribution in [1.29, 1.82) is 0 Å². The number of rotatable bonds is 10. The minimum atomic E-state index is -1.28. The molecule has 12 nitrogen and oxygen atoms in total. The normalized spacial score (nSPS) is 19.0. The zero-order valence-corrected chi connectivity index (χ0v) is 16.0. The molecule has 160 valence electrons. The zero-order chi connectivity index (χ0) is 21.4. The second kappa shape index (κ2) is 10.5. The number of carboxylic acids is 1. The number of hydrogen-bond donors (Lipinski definition) is 7. The van der Waals surface area contributed by atoms with Crippen LogP contribution < -0.4 is 21.3 Å². The summed E-state index contributed by atoms with van der Waals surface area (Å²) in [7, 11) is 0. The monoisotopic (exact) mass is 410 g/mol. The number of aromatic amines is 1. The summed E-state index contributed by atoms with van der Waals surface area (Å²) in [5.41, 5.74) is 0.536. The van der Waals surface area contributed by atoms with Crippen LogP contribution in [-0.4, -0.2) is 81.2 Å². The molecule has 12 heteroatoms. The number of nitrogens with zero attached hydrogens (tertiary/aromatic N) is 1. The van der Waals surface area contributed by atoms with Crippen LogP contribution >= 0.6 is 0 Å². The molecule has 1 aliphatic rings. The van der Waals surface area contributed by atoms with Gasteiger partial charge in [0.2, 0.25) is 17.7 Å². The third-order valence-corrected chi connectivity index (χ3v) is 4.47. The molecule has 1 saturated heterocycles. The number of aliphatic carboxylic acids is 1. The highest BCUT2D eigenvalue weighted by atomic mass is 16.4. The zero-order valence-electron chi connectivity index (χ0n) is 16.0. The van der Waals surface area contributed by atoms with Crippen molar-refractivity contribution in [3.63, 3.8) is 0 Å². The van der Waals surface area contributed by atoms with E-state index in [0.29, 0.717) is 18.7 Å². The molecule has 0 radical (unpaired) electrons. The molecule has 0 aromatic carbocycles. The first-order chi connectivity index (χ1) is 13.8. The van der Waals surface area contributed by atoms with Crippen LogP contribution in [0.3, 0.4) is 0 Å². The minimum Gasteiger partial charge on any atom is -0.480 e. The average molecular weight is 410 g/mol. The Balaban J connectivity index is 2.06. The smallest absolute Gasteiger partial charge is 0.322 e. The summed E-state index contributed by atoms with van der Waals surface area (Å²) >= 11 is 0. The number of nitrogens with one attached hydrogen (secondary N) is 5. The van der Waals surface area contributed by atoms with Crippen molar-refractivity contribution in [2.75, 3.05) is 13.1 Å². The Morgan fingerprint density at radius 1 is 1.28 bits per heavy atom. The number of aliphatic hydroxyl groups excluding tert-OH is 1. The number of H-pyrrole nitrogens is 1. The van der Waals surface area contributed by atoms with E-state index >= 15 is 0 Å². The number of amides is 3. The van der Waals surface area contributed by atoms with Crippen LogP contribution in [0.15, 0.2) is 12.5 Å². The summed E-state index contributed by atoms with van der Waals surface area (Å²) in [4.78, 5) is 54.7. The van der Waals surface area contributed by atoms with E-state index in [9.17, 15) is 24.3 Å². The quantitative estimate of drug-likeness (QED) is 0.216. The molecular formula is C17H26N6O6. The molecule has 4 unspecified atom stereocenters. The topological polar surface area (TPSA) is 186 Å². The fourth-order valence-corrected chi connectivity index (χ4v) is 2.94. The Morgan fingerprint density at radius 2 is 2.03 bits per heavy atom. The lowest BCUT2D eigenvalue weighted by Crippen LogP contribution is -2.59. The van der Waals surface area contributed by atoms with Crippen molar-refractivity contribution in [1.82, 2.24) is 31.2 Å². The van der Waals surface area contributed by atoms with Crippen LogP contribution in [0, 0.1) is 0 Å². The molecule has 29 heavy (non-hydrogen) atoms. The maximum absolute atomic E-state index is 12.7. The predicted octanol–water partition coefficient (Wildman–Crippen LogP) is -2.74. The number of carbonyl (C=O) groups is 4. The lowest BCUT2D eigenvalue weighted by atomic mass is 10.1. The minimum absolute atomic E-state index is 0.0157. The molecule has 2 heterocycles. The molecule has 0 spiro atoms. The molecule has 0 aliphatic carbocycles. The highest BCUT2D eigenvalue weighted by Gasteiger charge is 2.32. The molecule has 1 aromatic rings. The van der Waals surface area contributed by atoms with Gasteiger partial charge in [0.05, 0.1) is 18.5 Å². The SMILES string of the molecule is CC(O)C(NC(=O)C1CCCN1)C(=O)NC(Cc1cnc[nH]1)C(=O)NCC(=O)O. The van der Waals surface area contributed by atoms with Crippen molar-refractivity contribution in [3.05, 3.63) is 18.2 Å². The van der Waals surface area contributed by atoms with Crippen molar-refractivity contribution in [2.45, 2.75) is 50.4 Å². The summed E-state index contributed by atoms with van der Waals surface area (Å²) in [6.45, 7) is 1.43. The lowest BCUT2D eigenvalue weighted by Gasteiger charge is -2.25. The van der Waals surface area contributed by atoms with Crippen LogP contribution in [0.25, 0.3) is 0 Å². The largest absolute Gasteiger partial charge is 0.480 e. The van der Waals surface area contributed by atoms with E-state index in [1.807, 2.05) is 0 Å². The van der Waals surface area contributed by atoms with Crippen molar-refractivity contribution in [3.8, 4) is 0 Å². The molecule has 1 aromatic heterocycles. The highest BCUT2D eigenvalue weighted by Crippen LogP contribution is 2.07. The number of carboxylic acid groups (broad SMARTS) is 1. The van der Waals surface area contributed by atoms with Crippen LogP contribution in [0.1, 0.15) is 25.5 Å². The summed E-state index contributed by atoms with van der Waals surface area (Å²) in [5.74, 6) is -3.13. The third kappa shape index (κ3) is 6.84. The number of hydrogen-bond acceptors (Lipinski definition) is 7. The Hall–Kier alpha value is -2.99. The van der Waals surface area contributed by atoms with Gasteiger partial charge in [-0.25, -0.2) is 4.98 Å². The highest BCUT2D eigenvalue weighted by molar-refractivity contribution is 5.94. The van der Waals surface area contributed by atoms with Gasteiger partial charge < -0.3 is 36.5 Å². The van der Waals surface area contributed by atoms with E-state index in [-0.39, 0.29) is 6.42 Å². The fraction of sp³-hybridized carbons (Fsp3) is 0.588. The van der Waals surface area contributed by atoms with Gasteiger partial charge in [0.25, 0.3) is 0 Å². The van der Waals surface area contributed by atoms with Crippen LogP contribution in [0.2, 0.25) is 0 Å². The summed E-state index contributed by atoms with van der Waals surface area (Å²) in [6.07, 6.45) is 3.12. The maximum Gasteiger partial charge on any atom is 0.322 e. The Labute approximate surface area is 166 Å². The van der Waals surface area contributed by atoms with Crippen molar-refractivity contribution < 1.29 is 29.4 Å². The molecule has 3 amide bonds. The first-order valence-corrected chi connectivity index (χ1v) is 9.27. The lowest BCUT2D eigenvalue weighted by molar-refractivity contribution is -0.138. The molecular weight excluding hydrogens is 384 g/mol. The van der Waals surface area contributed by atoms with Gasteiger partial charge in [-0.2, -0.15) is 0 Å². The number of aliphatic hydroxyl groups is 1.